The van der Waals surface area contributed by atoms with Crippen LogP contribution < -0.4 is 0 Å². The second-order valence-electron chi connectivity index (χ2n) is 30.3. The summed E-state index contributed by atoms with van der Waals surface area (Å²) in [5.74, 6) is 2.18. The number of para-hydroxylation sites is 3. The van der Waals surface area contributed by atoms with Crippen molar-refractivity contribution >= 4 is 183 Å². The molecule has 0 radical (unpaired) electrons. The molecule has 0 spiro atoms. The monoisotopic (exact) mass is 1480 g/mol. The van der Waals surface area contributed by atoms with E-state index < -0.39 is 0 Å². The van der Waals surface area contributed by atoms with Gasteiger partial charge in [0.2, 0.25) is 5.95 Å². The maximum absolute atomic E-state index is 5.79. The molecule has 526 valence electrons. The summed E-state index contributed by atoms with van der Waals surface area (Å²) in [5.41, 5.74) is 27.9. The van der Waals surface area contributed by atoms with Gasteiger partial charge in [0.15, 0.2) is 11.6 Å². The van der Waals surface area contributed by atoms with E-state index >= 15 is 0 Å². The molecule has 0 amide bonds. The molecule has 0 N–H and O–H groups in total. The van der Waals surface area contributed by atoms with Gasteiger partial charge in [0.25, 0.3) is 0 Å². The minimum atomic E-state index is 0.641. The molecule has 0 atom stereocenters. The zero-order chi connectivity index (χ0) is 74.1. The molecule has 0 saturated heterocycles. The summed E-state index contributed by atoms with van der Waals surface area (Å²) in [6, 6.07) is 129. The second kappa shape index (κ2) is 23.4. The van der Waals surface area contributed by atoms with Gasteiger partial charge >= 0.3 is 0 Å². The quantitative estimate of drug-likeness (QED) is 0.144. The van der Waals surface area contributed by atoms with E-state index in [1.165, 1.54) is 130 Å². The molecule has 10 heterocycles. The van der Waals surface area contributed by atoms with Crippen molar-refractivity contribution in [1.82, 2.24) is 37.9 Å². The number of benzene rings is 16. The van der Waals surface area contributed by atoms with Crippen LogP contribution in [0.3, 0.4) is 0 Å². The van der Waals surface area contributed by atoms with Crippen molar-refractivity contribution in [3.05, 3.63) is 352 Å². The number of hydrogen-bond acceptors (Lipinski definition) is 6. The summed E-state index contributed by atoms with van der Waals surface area (Å²) in [6.45, 7) is 0. The lowest BCUT2D eigenvalue weighted by Crippen LogP contribution is -2.02. The highest BCUT2D eigenvalue weighted by Gasteiger charge is 2.30. The third-order valence-electron chi connectivity index (χ3n) is 24.3. The lowest BCUT2D eigenvalue weighted by atomic mass is 9.97. The van der Waals surface area contributed by atoms with Crippen molar-refractivity contribution in [3.63, 3.8) is 0 Å². The maximum atomic E-state index is 5.79. The molecular formula is C104H58N8S2. The van der Waals surface area contributed by atoms with Gasteiger partial charge in [-0.3, -0.25) is 9.13 Å². The molecule has 0 bridgehead atoms. The fraction of sp³-hybridized carbons (Fsp3) is 0. The van der Waals surface area contributed by atoms with Gasteiger partial charge in [-0.1, -0.05) is 273 Å². The standard InChI is InChI=1S/C104H58N8S2/c1-4-20-59(21-5-1)62-42-46-67(47-43-62)102-105-97-75-30-14-19-35-90(75)114-101(97)103(108-102)111-86-53-50-70(56-80(86)92-87(111)57-78-76-54-68(60-22-6-2-7-23-60)48-51-84(76)110-82-32-16-12-28-73(82)94(92)99(78)110)65-38-36-63(37-39-65)64-40-44-66(45-41-64)95-100-96(74-29-13-18-34-89(74)113-100)107-104(106-95)112-83-33-17-10-26-71(83)91-88(112)58-79-77-55-69(61-24-8-3-9-25-61)49-52-85(77)109-81-31-15-11-27-72(81)93(91)98(79)109/h1-58H. The van der Waals surface area contributed by atoms with Crippen LogP contribution in [0.4, 0.5) is 0 Å². The van der Waals surface area contributed by atoms with Crippen LogP contribution in [-0.4, -0.2) is 37.9 Å². The van der Waals surface area contributed by atoms with E-state index in [9.17, 15) is 0 Å². The fourth-order valence-corrected chi connectivity index (χ4v) is 21.4. The number of thiophene rings is 2. The minimum absolute atomic E-state index is 0.641. The highest BCUT2D eigenvalue weighted by atomic mass is 32.1. The van der Waals surface area contributed by atoms with Crippen LogP contribution in [0.5, 0.6) is 0 Å². The lowest BCUT2D eigenvalue weighted by molar-refractivity contribution is 1.02. The summed E-state index contributed by atoms with van der Waals surface area (Å²) >= 11 is 3.53. The summed E-state index contributed by atoms with van der Waals surface area (Å²) in [6.07, 6.45) is 0. The molecule has 16 aromatic carbocycles. The second-order valence-corrected chi connectivity index (χ2v) is 32.4. The Labute approximate surface area is 658 Å². The molecule has 0 unspecified atom stereocenters. The van der Waals surface area contributed by atoms with Gasteiger partial charge < -0.3 is 8.80 Å². The van der Waals surface area contributed by atoms with E-state index in [0.717, 1.165) is 109 Å². The van der Waals surface area contributed by atoms with Crippen molar-refractivity contribution in [3.8, 4) is 90.0 Å². The van der Waals surface area contributed by atoms with Crippen molar-refractivity contribution in [2.75, 3.05) is 0 Å². The number of aromatic nitrogens is 8. The lowest BCUT2D eigenvalue weighted by Gasteiger charge is -2.12. The minimum Gasteiger partial charge on any atom is -0.308 e. The Hall–Kier alpha value is -14.7. The smallest absolute Gasteiger partial charge is 0.235 e. The number of nitrogens with zero attached hydrogens (tertiary/aromatic N) is 8. The van der Waals surface area contributed by atoms with Crippen LogP contribution in [0, 0.1) is 0 Å². The topological polar surface area (TPSA) is 70.2 Å². The molecular weight excluding hydrogens is 1430 g/mol. The summed E-state index contributed by atoms with van der Waals surface area (Å²) < 4.78 is 14.3. The maximum Gasteiger partial charge on any atom is 0.235 e. The first-order valence-electron chi connectivity index (χ1n) is 38.7. The van der Waals surface area contributed by atoms with E-state index in [-0.39, 0.29) is 0 Å². The van der Waals surface area contributed by atoms with E-state index in [1.807, 2.05) is 0 Å². The predicted molar refractivity (Wildman–Crippen MR) is 479 cm³/mol. The van der Waals surface area contributed by atoms with Crippen LogP contribution in [-0.2, 0) is 0 Å². The summed E-state index contributed by atoms with van der Waals surface area (Å²) in [5, 5.41) is 16.7. The number of rotatable bonds is 9. The molecule has 0 fully saturated rings. The van der Waals surface area contributed by atoms with Gasteiger partial charge in [-0.15, -0.1) is 22.7 Å². The molecule has 10 heteroatoms. The molecule has 114 heavy (non-hydrogen) atoms. The highest BCUT2D eigenvalue weighted by molar-refractivity contribution is 7.26. The summed E-state index contributed by atoms with van der Waals surface area (Å²) in [4.78, 5) is 22.8. The Morgan fingerprint density at radius 1 is 0.211 bits per heavy atom. The van der Waals surface area contributed by atoms with Crippen LogP contribution in [0.2, 0.25) is 0 Å². The zero-order valence-corrected chi connectivity index (χ0v) is 62.5. The normalized spacial score (nSPS) is 12.4. The first kappa shape index (κ1) is 62.1. The van der Waals surface area contributed by atoms with Gasteiger partial charge in [0.05, 0.1) is 81.3 Å². The van der Waals surface area contributed by atoms with E-state index in [2.05, 4.69) is 370 Å². The van der Waals surface area contributed by atoms with Gasteiger partial charge in [-0.05, 0) is 134 Å². The van der Waals surface area contributed by atoms with Gasteiger partial charge in [0.1, 0.15) is 0 Å². The number of hydrogen-bond donors (Lipinski definition) is 0. The Morgan fingerprint density at radius 3 is 1.11 bits per heavy atom. The molecule has 0 aliphatic heterocycles. The predicted octanol–water partition coefficient (Wildman–Crippen LogP) is 28.2. The Kier molecular flexibility index (Phi) is 12.8. The molecule has 26 rings (SSSR count). The highest BCUT2D eigenvalue weighted by Crippen LogP contribution is 2.52. The van der Waals surface area contributed by atoms with Crippen LogP contribution in [0.25, 0.3) is 250 Å². The van der Waals surface area contributed by atoms with Crippen LogP contribution in [0.1, 0.15) is 0 Å². The molecule has 0 aliphatic carbocycles. The first-order chi connectivity index (χ1) is 56.5. The Balaban J connectivity index is 0.632. The van der Waals surface area contributed by atoms with Crippen molar-refractivity contribution in [1.29, 1.82) is 0 Å². The zero-order valence-electron chi connectivity index (χ0n) is 60.9. The third kappa shape index (κ3) is 8.74. The molecule has 26 aromatic rings. The van der Waals surface area contributed by atoms with Crippen LogP contribution >= 0.6 is 22.7 Å². The van der Waals surface area contributed by atoms with Crippen molar-refractivity contribution in [2.45, 2.75) is 0 Å². The molecule has 10 aromatic heterocycles. The van der Waals surface area contributed by atoms with Crippen molar-refractivity contribution < 1.29 is 0 Å². The van der Waals surface area contributed by atoms with Crippen LogP contribution in [0.15, 0.2) is 352 Å². The SMILES string of the molecule is c1ccc(-c2ccc(-c3nc(-n4c5ccc(-c6ccc(-c7ccc(-c8nc(-n9c%10ccccc%10c%10c%11c%12ccccc%12n%12c%13ccc(-c%14ccccc%14)cc%13c(cc%109)c%11%12)nc9c8sc8ccccc89)cc7)cc6)cc5c5c6c7ccccc7n7c8ccc(-c9ccccc9)cc8c(cc54)c67)c4sc5ccccc5c4n3)cc2)cc1. The van der Waals surface area contributed by atoms with Gasteiger partial charge in [0, 0.05) is 95.9 Å². The largest absolute Gasteiger partial charge is 0.308 e. The van der Waals surface area contributed by atoms with E-state index in [4.69, 9.17) is 19.9 Å². The molecule has 8 nitrogen and oxygen atoms in total. The Bertz CT molecular complexity index is 8560. The van der Waals surface area contributed by atoms with E-state index in [0.29, 0.717) is 11.8 Å². The summed E-state index contributed by atoms with van der Waals surface area (Å²) in [7, 11) is 0. The average molecular weight is 1480 g/mol. The van der Waals surface area contributed by atoms with Gasteiger partial charge in [-0.2, -0.15) is 0 Å². The van der Waals surface area contributed by atoms with Gasteiger partial charge in [-0.25, -0.2) is 19.9 Å². The average Bonchev–Trinajstić information content (AvgIpc) is 1.52. The molecule has 0 saturated carbocycles. The third-order valence-corrected chi connectivity index (χ3v) is 26.6. The fourth-order valence-electron chi connectivity index (χ4n) is 19.2. The number of fused-ring (bicyclic) bond motifs is 26. The first-order valence-corrected chi connectivity index (χ1v) is 40.4. The van der Waals surface area contributed by atoms with E-state index in [1.54, 1.807) is 22.7 Å². The Morgan fingerprint density at radius 2 is 0.570 bits per heavy atom. The van der Waals surface area contributed by atoms with Crippen molar-refractivity contribution in [2.24, 2.45) is 0 Å². The molecule has 0 aliphatic rings.